The van der Waals surface area contributed by atoms with Crippen molar-refractivity contribution in [1.82, 2.24) is 5.43 Å². The van der Waals surface area contributed by atoms with E-state index in [2.05, 4.69) is 10.5 Å². The predicted octanol–water partition coefficient (Wildman–Crippen LogP) is 5.82. The van der Waals surface area contributed by atoms with Gasteiger partial charge in [0.05, 0.1) is 16.0 Å². The van der Waals surface area contributed by atoms with Crippen LogP contribution in [0.15, 0.2) is 81.6 Å². The molecule has 0 heterocycles. The third kappa shape index (κ3) is 5.80. The number of hydrazone groups is 1. The molecule has 0 atom stereocenters. The predicted molar refractivity (Wildman–Crippen MR) is 115 cm³/mol. The molecular weight excluding hydrogens is 433 g/mol. The van der Waals surface area contributed by atoms with E-state index in [0.29, 0.717) is 26.1 Å². The van der Waals surface area contributed by atoms with Crippen LogP contribution in [0.1, 0.15) is 15.9 Å². The summed E-state index contributed by atoms with van der Waals surface area (Å²) in [7, 11) is 0. The van der Waals surface area contributed by atoms with Gasteiger partial charge in [-0.2, -0.15) is 5.10 Å². The molecule has 0 aromatic heterocycles. The number of nitrogens with zero attached hydrogens (tertiary/aromatic N) is 2. The van der Waals surface area contributed by atoms with E-state index in [9.17, 15) is 14.9 Å². The van der Waals surface area contributed by atoms with E-state index >= 15 is 0 Å². The molecule has 0 unspecified atom stereocenters. The monoisotopic (exact) mass is 445 g/mol. The number of benzene rings is 3. The largest absolute Gasteiger partial charge is 0.283 e. The van der Waals surface area contributed by atoms with Crippen molar-refractivity contribution in [3.05, 3.63) is 98.0 Å². The fourth-order valence-electron chi connectivity index (χ4n) is 2.33. The highest BCUT2D eigenvalue weighted by molar-refractivity contribution is 7.99. The minimum absolute atomic E-state index is 0.0601. The highest BCUT2D eigenvalue weighted by atomic mass is 35.5. The highest BCUT2D eigenvalue weighted by Gasteiger charge is 2.15. The van der Waals surface area contributed by atoms with E-state index < -0.39 is 10.8 Å². The van der Waals surface area contributed by atoms with Gasteiger partial charge in [0.25, 0.3) is 11.6 Å². The number of halogens is 2. The molecule has 0 aliphatic heterocycles. The number of nitrogens with one attached hydrogen (secondary N) is 1. The molecule has 3 aromatic rings. The Morgan fingerprint density at radius 1 is 1.03 bits per heavy atom. The SMILES string of the molecule is O=C(NN=Cc1ccc(Sc2ccc(Cl)cc2)c([N+](=O)[O-])c1)c1cccc(Cl)c1. The summed E-state index contributed by atoms with van der Waals surface area (Å²) in [5.41, 5.74) is 3.14. The van der Waals surface area contributed by atoms with Gasteiger partial charge in [-0.3, -0.25) is 14.9 Å². The number of carbonyl (C=O) groups is 1. The Labute approximate surface area is 180 Å². The van der Waals surface area contributed by atoms with E-state index in [1.807, 2.05) is 0 Å². The molecule has 0 saturated heterocycles. The zero-order valence-corrected chi connectivity index (χ0v) is 17.0. The van der Waals surface area contributed by atoms with Crippen LogP contribution in [0.5, 0.6) is 0 Å². The maximum atomic E-state index is 12.0. The summed E-state index contributed by atoms with van der Waals surface area (Å²) in [5, 5.41) is 16.4. The molecule has 29 heavy (non-hydrogen) atoms. The molecule has 6 nitrogen and oxygen atoms in total. The van der Waals surface area contributed by atoms with Crippen LogP contribution in [0.3, 0.4) is 0 Å². The fourth-order valence-corrected chi connectivity index (χ4v) is 3.55. The van der Waals surface area contributed by atoms with Crippen LogP contribution >= 0.6 is 35.0 Å². The molecule has 0 aliphatic carbocycles. The van der Waals surface area contributed by atoms with Gasteiger partial charge in [-0.25, -0.2) is 5.43 Å². The molecule has 0 spiro atoms. The molecule has 0 aliphatic rings. The third-order valence-corrected chi connectivity index (χ3v) is 5.25. The quantitative estimate of drug-likeness (QED) is 0.294. The second kappa shape index (κ2) is 9.56. The van der Waals surface area contributed by atoms with Gasteiger partial charge < -0.3 is 0 Å². The van der Waals surface area contributed by atoms with Crippen LogP contribution in [0.25, 0.3) is 0 Å². The number of nitro groups is 1. The number of hydrogen-bond acceptors (Lipinski definition) is 5. The van der Waals surface area contributed by atoms with Crippen molar-refractivity contribution in [2.45, 2.75) is 9.79 Å². The lowest BCUT2D eigenvalue weighted by Crippen LogP contribution is -2.17. The first-order chi connectivity index (χ1) is 13.9. The fraction of sp³-hybridized carbons (Fsp3) is 0. The Bertz CT molecular complexity index is 1090. The number of rotatable bonds is 6. The third-order valence-electron chi connectivity index (χ3n) is 3.69. The van der Waals surface area contributed by atoms with Gasteiger partial charge in [0.15, 0.2) is 0 Å². The molecule has 0 saturated carbocycles. The summed E-state index contributed by atoms with van der Waals surface area (Å²) < 4.78 is 0. The Morgan fingerprint density at radius 3 is 2.48 bits per heavy atom. The van der Waals surface area contributed by atoms with Crippen molar-refractivity contribution in [2.24, 2.45) is 5.10 Å². The topological polar surface area (TPSA) is 84.6 Å². The molecule has 146 valence electrons. The molecular formula is C20H13Cl2N3O3S. The summed E-state index contributed by atoms with van der Waals surface area (Å²) in [6.45, 7) is 0. The number of nitro benzene ring substituents is 1. The summed E-state index contributed by atoms with van der Waals surface area (Å²) in [6, 6.07) is 18.2. The Hall–Kier alpha value is -2.87. The zero-order chi connectivity index (χ0) is 20.8. The Morgan fingerprint density at radius 2 is 1.79 bits per heavy atom. The average Bonchev–Trinajstić information content (AvgIpc) is 2.70. The maximum Gasteiger partial charge on any atom is 0.283 e. The van der Waals surface area contributed by atoms with E-state index in [-0.39, 0.29) is 5.69 Å². The summed E-state index contributed by atoms with van der Waals surface area (Å²) in [4.78, 5) is 24.4. The minimum atomic E-state index is -0.458. The van der Waals surface area contributed by atoms with Crippen LogP contribution in [0.4, 0.5) is 5.69 Å². The Balaban J connectivity index is 1.74. The van der Waals surface area contributed by atoms with Crippen molar-refractivity contribution >= 4 is 52.8 Å². The summed E-state index contributed by atoms with van der Waals surface area (Å²) in [5.74, 6) is -0.437. The molecule has 3 aromatic carbocycles. The van der Waals surface area contributed by atoms with Crippen molar-refractivity contribution in [3.8, 4) is 0 Å². The molecule has 0 bridgehead atoms. The number of carbonyl (C=O) groups excluding carboxylic acids is 1. The maximum absolute atomic E-state index is 12.0. The zero-order valence-electron chi connectivity index (χ0n) is 14.7. The van der Waals surface area contributed by atoms with E-state index in [0.717, 1.165) is 4.90 Å². The average molecular weight is 446 g/mol. The van der Waals surface area contributed by atoms with Gasteiger partial charge >= 0.3 is 0 Å². The highest BCUT2D eigenvalue weighted by Crippen LogP contribution is 2.35. The van der Waals surface area contributed by atoms with Crippen LogP contribution in [0, 0.1) is 10.1 Å². The standard InChI is InChI=1S/C20H13Cl2N3O3S/c21-15-5-7-17(8-6-15)29-19-9-4-13(10-18(19)25(27)28)12-23-24-20(26)14-2-1-3-16(22)11-14/h1-12H,(H,24,26). The minimum Gasteiger partial charge on any atom is -0.267 e. The molecule has 3 rings (SSSR count). The lowest BCUT2D eigenvalue weighted by atomic mass is 10.2. The molecule has 0 fully saturated rings. The second-order valence-corrected chi connectivity index (χ2v) is 7.74. The van der Waals surface area contributed by atoms with Crippen LogP contribution < -0.4 is 5.43 Å². The van der Waals surface area contributed by atoms with Crippen LogP contribution in [-0.4, -0.2) is 17.0 Å². The number of hydrogen-bond donors (Lipinski definition) is 1. The molecule has 1 N–H and O–H groups in total. The van der Waals surface area contributed by atoms with Crippen LogP contribution in [0.2, 0.25) is 10.0 Å². The van der Waals surface area contributed by atoms with Gasteiger partial charge in [-0.05, 0) is 48.5 Å². The van der Waals surface area contributed by atoms with Crippen LogP contribution in [-0.2, 0) is 0 Å². The lowest BCUT2D eigenvalue weighted by Gasteiger charge is -2.04. The number of amides is 1. The van der Waals surface area contributed by atoms with Gasteiger partial charge in [0, 0.05) is 32.1 Å². The van der Waals surface area contributed by atoms with Crippen molar-refractivity contribution in [2.75, 3.05) is 0 Å². The smallest absolute Gasteiger partial charge is 0.267 e. The summed E-state index contributed by atoms with van der Waals surface area (Å²) in [6.07, 6.45) is 1.34. The first-order valence-corrected chi connectivity index (χ1v) is 9.80. The van der Waals surface area contributed by atoms with E-state index in [1.54, 1.807) is 54.6 Å². The van der Waals surface area contributed by atoms with Crippen molar-refractivity contribution in [1.29, 1.82) is 0 Å². The van der Waals surface area contributed by atoms with Crippen molar-refractivity contribution in [3.63, 3.8) is 0 Å². The summed E-state index contributed by atoms with van der Waals surface area (Å²) >= 11 is 13.0. The van der Waals surface area contributed by atoms with E-state index in [1.165, 1.54) is 30.1 Å². The second-order valence-electron chi connectivity index (χ2n) is 5.75. The van der Waals surface area contributed by atoms with Gasteiger partial charge in [0.1, 0.15) is 0 Å². The first kappa shape index (κ1) is 20.9. The lowest BCUT2D eigenvalue weighted by molar-refractivity contribution is -0.387. The molecule has 0 radical (unpaired) electrons. The van der Waals surface area contributed by atoms with Gasteiger partial charge in [-0.1, -0.05) is 47.1 Å². The van der Waals surface area contributed by atoms with Crippen molar-refractivity contribution < 1.29 is 9.72 Å². The van der Waals surface area contributed by atoms with Gasteiger partial charge in [0.2, 0.25) is 0 Å². The normalized spacial score (nSPS) is 10.8. The first-order valence-electron chi connectivity index (χ1n) is 8.23. The Kier molecular flexibility index (Phi) is 6.87. The van der Waals surface area contributed by atoms with E-state index in [4.69, 9.17) is 23.2 Å². The van der Waals surface area contributed by atoms with Gasteiger partial charge in [-0.15, -0.1) is 0 Å². The molecule has 9 heteroatoms. The molecule has 1 amide bonds.